The second-order valence-electron chi connectivity index (χ2n) is 7.49. The van der Waals surface area contributed by atoms with Crippen LogP contribution in [0.2, 0.25) is 0 Å². The van der Waals surface area contributed by atoms with Gasteiger partial charge in [-0.3, -0.25) is 9.36 Å². The summed E-state index contributed by atoms with van der Waals surface area (Å²) in [6.45, 7) is 4.67. The van der Waals surface area contributed by atoms with Gasteiger partial charge in [-0.2, -0.15) is 0 Å². The zero-order valence-corrected chi connectivity index (χ0v) is 20.7. The monoisotopic (exact) mass is 474 g/mol. The van der Waals surface area contributed by atoms with Gasteiger partial charge >= 0.3 is 5.56 Å². The summed E-state index contributed by atoms with van der Waals surface area (Å²) in [4.78, 5) is 18.0. The molecule has 33 heavy (non-hydrogen) atoms. The molecule has 0 saturated carbocycles. The van der Waals surface area contributed by atoms with E-state index in [1.165, 1.54) is 21.3 Å². The van der Waals surface area contributed by atoms with Crippen LogP contribution >= 0.6 is 0 Å². The predicted molar refractivity (Wildman–Crippen MR) is 128 cm³/mol. The highest BCUT2D eigenvalue weighted by Crippen LogP contribution is 2.40. The number of hydrogen-bond donors (Lipinski definition) is 0. The van der Waals surface area contributed by atoms with Crippen molar-refractivity contribution >= 4 is 21.9 Å². The molecule has 1 unspecified atom stereocenters. The maximum absolute atomic E-state index is 13.3. The number of aromatic nitrogens is 2. The van der Waals surface area contributed by atoms with Crippen molar-refractivity contribution in [1.82, 2.24) is 9.55 Å². The van der Waals surface area contributed by atoms with Gasteiger partial charge in [0.25, 0.3) is 0 Å². The van der Waals surface area contributed by atoms with Gasteiger partial charge in [-0.15, -0.1) is 0 Å². The Bertz CT molecular complexity index is 1170. The summed E-state index contributed by atoms with van der Waals surface area (Å²) in [5, 5.41) is 13.7. The van der Waals surface area contributed by atoms with Crippen LogP contribution in [0.4, 0.5) is 0 Å². The number of ether oxygens (including phenoxy) is 4. The first-order chi connectivity index (χ1) is 15.9. The van der Waals surface area contributed by atoms with Crippen molar-refractivity contribution in [2.45, 2.75) is 31.7 Å². The fourth-order valence-electron chi connectivity index (χ4n) is 3.63. The Labute approximate surface area is 196 Å². The number of benzene rings is 1. The van der Waals surface area contributed by atoms with Crippen molar-refractivity contribution in [1.29, 1.82) is 0 Å². The van der Waals surface area contributed by atoms with Crippen LogP contribution in [-0.4, -0.2) is 49.5 Å². The smallest absolute Gasteiger partial charge is 0.306 e. The zero-order valence-electron chi connectivity index (χ0n) is 19.9. The molecular weight excluding hydrogens is 444 g/mol. The van der Waals surface area contributed by atoms with Crippen molar-refractivity contribution < 1.29 is 24.1 Å². The van der Waals surface area contributed by atoms with E-state index in [1.807, 2.05) is 20.1 Å². The number of methoxy groups -OCH3 is 3. The van der Waals surface area contributed by atoms with E-state index >= 15 is 0 Å². The average Bonchev–Trinajstić information content (AvgIpc) is 2.80. The van der Waals surface area contributed by atoms with E-state index in [0.29, 0.717) is 57.8 Å². The molecule has 0 fully saturated rings. The first-order valence-electron chi connectivity index (χ1n) is 10.6. The minimum atomic E-state index is -0.612. The largest absolute Gasteiger partial charge is 0.868 e. The minimum Gasteiger partial charge on any atom is -0.868 e. The number of hydrogen-bond acceptors (Lipinski definition) is 7. The van der Waals surface area contributed by atoms with Crippen LogP contribution in [-0.2, 0) is 17.4 Å². The molecular formula is C24H30N2O6S. The second-order valence-corrected chi connectivity index (χ2v) is 9.58. The third-order valence-corrected chi connectivity index (χ3v) is 7.09. The van der Waals surface area contributed by atoms with Crippen molar-refractivity contribution in [2.24, 2.45) is 0 Å². The molecule has 3 aromatic rings. The fraction of sp³-hybridized carbons (Fsp3) is 0.417. The van der Waals surface area contributed by atoms with E-state index in [1.54, 1.807) is 28.8 Å². The van der Waals surface area contributed by atoms with Crippen molar-refractivity contribution in [3.8, 4) is 28.7 Å². The third kappa shape index (κ3) is 4.98. The minimum absolute atomic E-state index is 0.242. The number of nitrogens with zero attached hydrogens (tertiary/aromatic N) is 2. The molecule has 0 aliphatic rings. The summed E-state index contributed by atoms with van der Waals surface area (Å²) in [7, 11) is 4.00. The highest BCUT2D eigenvalue weighted by Gasteiger charge is 2.25. The molecule has 178 valence electrons. The first-order valence-corrected chi connectivity index (χ1v) is 12.4. The fourth-order valence-corrected chi connectivity index (χ4v) is 5.00. The Morgan fingerprint density at radius 1 is 1.09 bits per heavy atom. The Hall–Kier alpha value is -3.07. The topological polar surface area (TPSA) is 94.9 Å². The molecule has 0 aliphatic carbocycles. The molecule has 8 nitrogen and oxygen atoms in total. The van der Waals surface area contributed by atoms with Crippen molar-refractivity contribution in [2.75, 3.05) is 39.9 Å². The molecule has 9 heteroatoms. The summed E-state index contributed by atoms with van der Waals surface area (Å²) >= 11 is 0. The molecule has 0 saturated heterocycles. The quantitative estimate of drug-likeness (QED) is 0.417. The summed E-state index contributed by atoms with van der Waals surface area (Å²) < 4.78 is 23.6. The Balaban J connectivity index is 1.87. The molecule has 3 rings (SSSR count). The van der Waals surface area contributed by atoms with Crippen LogP contribution in [0.1, 0.15) is 19.0 Å². The van der Waals surface area contributed by atoms with Crippen LogP contribution in [0.25, 0.3) is 11.0 Å². The number of aryl methyl sites for hydroxylation is 2. The summed E-state index contributed by atoms with van der Waals surface area (Å²) in [6, 6.07) is 6.99. The molecule has 0 N–H and O–H groups in total. The van der Waals surface area contributed by atoms with Crippen LogP contribution < -0.4 is 29.6 Å². The van der Waals surface area contributed by atoms with E-state index in [0.717, 1.165) is 12.1 Å². The van der Waals surface area contributed by atoms with E-state index in [-0.39, 0.29) is 11.3 Å². The summed E-state index contributed by atoms with van der Waals surface area (Å²) in [5.74, 6) is 2.28. The number of fused-ring (bicyclic) bond motifs is 1. The molecule has 1 aromatic carbocycles. The van der Waals surface area contributed by atoms with E-state index < -0.39 is 10.9 Å². The van der Waals surface area contributed by atoms with Gasteiger partial charge in [-0.05, 0) is 31.2 Å². The van der Waals surface area contributed by atoms with Crippen LogP contribution in [0, 0.1) is 6.92 Å². The molecule has 0 radical (unpaired) electrons. The maximum Gasteiger partial charge on any atom is 0.306 e. The molecule has 0 bridgehead atoms. The van der Waals surface area contributed by atoms with Gasteiger partial charge in [-0.25, -0.2) is 4.98 Å². The highest BCUT2D eigenvalue weighted by atomic mass is 32.2. The van der Waals surface area contributed by atoms with Crippen LogP contribution in [0.3, 0.4) is 0 Å². The van der Waals surface area contributed by atoms with Gasteiger partial charge < -0.3 is 24.1 Å². The molecule has 2 aromatic heterocycles. The second kappa shape index (κ2) is 10.7. The van der Waals surface area contributed by atoms with E-state index in [2.05, 4.69) is 4.98 Å². The summed E-state index contributed by atoms with van der Waals surface area (Å²) in [5.41, 5.74) is 0.973. The van der Waals surface area contributed by atoms with E-state index in [4.69, 9.17) is 18.9 Å². The Morgan fingerprint density at radius 3 is 2.33 bits per heavy atom. The van der Waals surface area contributed by atoms with Gasteiger partial charge in [0.2, 0.25) is 10.6 Å². The molecule has 0 spiro atoms. The van der Waals surface area contributed by atoms with Gasteiger partial charge in [0.15, 0.2) is 11.5 Å². The Morgan fingerprint density at radius 2 is 1.76 bits per heavy atom. The number of pyridine rings is 2. The lowest BCUT2D eigenvalue weighted by Crippen LogP contribution is -2.30. The third-order valence-electron chi connectivity index (χ3n) is 5.25. The van der Waals surface area contributed by atoms with Crippen LogP contribution in [0.5, 0.6) is 28.7 Å². The number of rotatable bonds is 10. The predicted octanol–water partition coefficient (Wildman–Crippen LogP) is 2.90. The first kappa shape index (κ1) is 24.6. The standard InChI is InChI=1S/C24H30N2O6S/c1-7-10-26-23-17(9-8-15(2)25-23)20(27)22(24(26)28)33(6)12-11-32-16-13-18(29-3)21(31-5)19(14-16)30-4/h8-9,13-14H,7,10-12H2,1-6H3. The van der Waals surface area contributed by atoms with Gasteiger partial charge in [0.05, 0.1) is 21.3 Å². The van der Waals surface area contributed by atoms with Gasteiger partial charge in [0, 0.05) is 40.7 Å². The SMILES string of the molecule is CCCn1c(=O)c([S+](C)CCOc2cc(OC)c(OC)c(OC)c2)c([O-])c2ccc(C)nc21. The molecule has 2 heterocycles. The lowest BCUT2D eigenvalue weighted by molar-refractivity contribution is -0.270. The summed E-state index contributed by atoms with van der Waals surface area (Å²) in [6.07, 6.45) is 2.67. The normalized spacial score (nSPS) is 11.9. The lowest BCUT2D eigenvalue weighted by Gasteiger charge is -2.19. The van der Waals surface area contributed by atoms with E-state index in [9.17, 15) is 9.90 Å². The average molecular weight is 475 g/mol. The lowest BCUT2D eigenvalue weighted by atomic mass is 10.2. The van der Waals surface area contributed by atoms with Gasteiger partial charge in [0.1, 0.15) is 30.0 Å². The molecule has 0 amide bonds. The maximum atomic E-state index is 13.3. The Kier molecular flexibility index (Phi) is 7.97. The zero-order chi connectivity index (χ0) is 24.1. The van der Waals surface area contributed by atoms with Crippen molar-refractivity contribution in [3.63, 3.8) is 0 Å². The van der Waals surface area contributed by atoms with Crippen molar-refractivity contribution in [3.05, 3.63) is 40.3 Å². The highest BCUT2D eigenvalue weighted by molar-refractivity contribution is 7.96. The molecule has 0 aliphatic heterocycles. The van der Waals surface area contributed by atoms with Crippen LogP contribution in [0.15, 0.2) is 34.0 Å². The van der Waals surface area contributed by atoms with Gasteiger partial charge in [-0.1, -0.05) is 6.92 Å². The molecule has 1 atom stereocenters.